The van der Waals surface area contributed by atoms with Gasteiger partial charge >= 0.3 is 5.97 Å². The number of nitrogens with one attached hydrogen (secondary N) is 1. The highest BCUT2D eigenvalue weighted by atomic mass is 32.1. The summed E-state index contributed by atoms with van der Waals surface area (Å²) in [7, 11) is 0. The van der Waals surface area contributed by atoms with Gasteiger partial charge in [0.25, 0.3) is 0 Å². The fourth-order valence-corrected chi connectivity index (χ4v) is 0.919. The molecule has 0 saturated carbocycles. The Bertz CT molecular complexity index is 353. The van der Waals surface area contributed by atoms with Gasteiger partial charge in [-0.05, 0) is 24.4 Å². The topological polar surface area (TPSA) is 88.2 Å². The molecule has 0 saturated heterocycles. The Morgan fingerprint density at radius 2 is 2.38 bits per heavy atom. The molecule has 1 aromatic rings. The second kappa shape index (κ2) is 3.81. The summed E-state index contributed by atoms with van der Waals surface area (Å²) < 4.78 is 0. The Kier molecular flexibility index (Phi) is 2.76. The van der Waals surface area contributed by atoms with Gasteiger partial charge in [-0.25, -0.2) is 9.78 Å². The number of hydrogen-bond acceptors (Lipinski definition) is 3. The Morgan fingerprint density at radius 1 is 1.69 bits per heavy atom. The molecule has 0 bridgehead atoms. The minimum Gasteiger partial charge on any atom is -0.476 e. The molecule has 0 fully saturated rings. The maximum Gasteiger partial charge on any atom is 0.356 e. The summed E-state index contributed by atoms with van der Waals surface area (Å²) in [4.78, 5) is 14.3. The molecule has 0 unspecified atom stereocenters. The molecule has 0 atom stereocenters. The number of aromatic nitrogens is 1. The van der Waals surface area contributed by atoms with Crippen LogP contribution in [-0.4, -0.2) is 21.2 Å². The van der Waals surface area contributed by atoms with Crippen molar-refractivity contribution in [1.29, 1.82) is 0 Å². The number of carboxylic acids is 1. The van der Waals surface area contributed by atoms with Crippen LogP contribution in [0.15, 0.2) is 18.3 Å². The highest BCUT2D eigenvalue weighted by molar-refractivity contribution is 7.80. The van der Waals surface area contributed by atoms with Crippen LogP contribution in [0, 0.1) is 0 Å². The van der Waals surface area contributed by atoms with Gasteiger partial charge in [-0.15, -0.1) is 0 Å². The van der Waals surface area contributed by atoms with E-state index in [0.717, 1.165) is 0 Å². The lowest BCUT2D eigenvalue weighted by atomic mass is 10.3. The van der Waals surface area contributed by atoms with Crippen molar-refractivity contribution in [1.82, 2.24) is 4.98 Å². The third-order valence-corrected chi connectivity index (χ3v) is 1.37. The average Bonchev–Trinajstić information content (AvgIpc) is 2.03. The van der Waals surface area contributed by atoms with Gasteiger partial charge in [-0.2, -0.15) is 0 Å². The van der Waals surface area contributed by atoms with Gasteiger partial charge in [0.15, 0.2) is 10.8 Å². The van der Waals surface area contributed by atoms with E-state index >= 15 is 0 Å². The lowest BCUT2D eigenvalue weighted by Gasteiger charge is -2.05. The predicted molar refractivity (Wildman–Crippen MR) is 51.6 cm³/mol. The molecular formula is C7H7N3O2S. The summed E-state index contributed by atoms with van der Waals surface area (Å²) in [5.74, 6) is -1.13. The maximum atomic E-state index is 10.6. The third kappa shape index (κ3) is 2.38. The van der Waals surface area contributed by atoms with Crippen molar-refractivity contribution < 1.29 is 9.90 Å². The summed E-state index contributed by atoms with van der Waals surface area (Å²) in [6, 6.07) is 3.13. The van der Waals surface area contributed by atoms with Crippen LogP contribution in [0.4, 0.5) is 5.69 Å². The first-order valence-electron chi connectivity index (χ1n) is 3.36. The van der Waals surface area contributed by atoms with E-state index in [0.29, 0.717) is 5.69 Å². The Balaban J connectivity index is 3.04. The summed E-state index contributed by atoms with van der Waals surface area (Å²) in [6.07, 6.45) is 1.38. The Morgan fingerprint density at radius 3 is 2.92 bits per heavy atom. The molecule has 0 amide bonds. The number of nitrogens with two attached hydrogens (primary N) is 1. The van der Waals surface area contributed by atoms with Crippen molar-refractivity contribution in [2.45, 2.75) is 0 Å². The van der Waals surface area contributed by atoms with Gasteiger partial charge in [0.05, 0.1) is 5.69 Å². The second-order valence-corrected chi connectivity index (χ2v) is 2.63. The summed E-state index contributed by atoms with van der Waals surface area (Å²) in [5, 5.41) is 11.2. The number of nitrogens with zero attached hydrogens (tertiary/aromatic N) is 1. The molecule has 1 aromatic heterocycles. The van der Waals surface area contributed by atoms with E-state index in [9.17, 15) is 4.79 Å². The molecule has 0 radical (unpaired) electrons. The predicted octanol–water partition coefficient (Wildman–Crippen LogP) is 0.435. The Labute approximate surface area is 79.6 Å². The van der Waals surface area contributed by atoms with Crippen LogP contribution in [0.25, 0.3) is 0 Å². The molecular weight excluding hydrogens is 190 g/mol. The largest absolute Gasteiger partial charge is 0.476 e. The van der Waals surface area contributed by atoms with Gasteiger partial charge < -0.3 is 16.2 Å². The number of thiocarbonyl (C=S) groups is 1. The fourth-order valence-electron chi connectivity index (χ4n) is 0.809. The molecule has 6 heteroatoms. The molecule has 0 spiro atoms. The molecule has 68 valence electrons. The molecule has 4 N–H and O–H groups in total. The average molecular weight is 197 g/mol. The van der Waals surface area contributed by atoms with Crippen LogP contribution in [0.1, 0.15) is 10.5 Å². The van der Waals surface area contributed by atoms with Gasteiger partial charge in [0.2, 0.25) is 0 Å². The monoisotopic (exact) mass is 197 g/mol. The zero-order valence-electron chi connectivity index (χ0n) is 6.52. The smallest absolute Gasteiger partial charge is 0.356 e. The number of hydrogen-bond donors (Lipinski definition) is 3. The fraction of sp³-hybridized carbons (Fsp3) is 0. The van der Waals surface area contributed by atoms with E-state index in [1.807, 2.05) is 0 Å². The van der Waals surface area contributed by atoms with E-state index in [1.54, 1.807) is 6.07 Å². The third-order valence-electron chi connectivity index (χ3n) is 1.27. The van der Waals surface area contributed by atoms with Crippen molar-refractivity contribution in [3.05, 3.63) is 24.0 Å². The molecule has 0 aliphatic rings. The van der Waals surface area contributed by atoms with Crippen LogP contribution in [0.2, 0.25) is 0 Å². The number of aromatic carboxylic acids is 1. The highest BCUT2D eigenvalue weighted by Gasteiger charge is 2.10. The molecule has 0 aliphatic carbocycles. The summed E-state index contributed by atoms with van der Waals surface area (Å²) >= 11 is 4.57. The summed E-state index contributed by atoms with van der Waals surface area (Å²) in [5.41, 5.74) is 5.39. The quantitative estimate of drug-likeness (QED) is 0.596. The number of carboxylic acid groups (broad SMARTS) is 1. The van der Waals surface area contributed by atoms with Crippen LogP contribution in [0.5, 0.6) is 0 Å². The van der Waals surface area contributed by atoms with E-state index in [2.05, 4.69) is 22.5 Å². The lowest BCUT2D eigenvalue weighted by Crippen LogP contribution is -2.21. The summed E-state index contributed by atoms with van der Waals surface area (Å²) in [6.45, 7) is 0. The van der Waals surface area contributed by atoms with E-state index in [4.69, 9.17) is 10.8 Å². The standard InChI is InChI=1S/C7H7N3O2S/c8-7(13)10-4-2-1-3-9-5(4)6(11)12/h1-3H,(H,11,12)(H3,8,10,13). The second-order valence-electron chi connectivity index (χ2n) is 2.19. The van der Waals surface area contributed by atoms with Gasteiger partial charge in [0.1, 0.15) is 0 Å². The zero-order valence-corrected chi connectivity index (χ0v) is 7.34. The van der Waals surface area contributed by atoms with Crippen molar-refractivity contribution in [2.24, 2.45) is 5.73 Å². The number of anilines is 1. The first-order chi connectivity index (χ1) is 6.11. The Hall–Kier alpha value is -1.69. The first-order valence-corrected chi connectivity index (χ1v) is 3.77. The van der Waals surface area contributed by atoms with E-state index < -0.39 is 5.97 Å². The van der Waals surface area contributed by atoms with Gasteiger partial charge in [0, 0.05) is 6.20 Å². The molecule has 0 aliphatic heterocycles. The molecule has 0 aromatic carbocycles. The lowest BCUT2D eigenvalue weighted by molar-refractivity contribution is 0.0692. The van der Waals surface area contributed by atoms with Crippen LogP contribution >= 0.6 is 12.2 Å². The van der Waals surface area contributed by atoms with E-state index in [1.165, 1.54) is 12.3 Å². The van der Waals surface area contributed by atoms with Crippen molar-refractivity contribution in [2.75, 3.05) is 5.32 Å². The number of carbonyl (C=O) groups is 1. The minimum absolute atomic E-state index is 0.00972. The number of pyridine rings is 1. The van der Waals surface area contributed by atoms with Crippen molar-refractivity contribution in [3.63, 3.8) is 0 Å². The van der Waals surface area contributed by atoms with Crippen molar-refractivity contribution in [3.8, 4) is 0 Å². The molecule has 1 rings (SSSR count). The molecule has 5 nitrogen and oxygen atoms in total. The molecule has 13 heavy (non-hydrogen) atoms. The normalized spacial score (nSPS) is 9.23. The zero-order chi connectivity index (χ0) is 9.84. The maximum absolute atomic E-state index is 10.6. The first kappa shape index (κ1) is 9.40. The number of rotatable bonds is 2. The molecule has 1 heterocycles. The van der Waals surface area contributed by atoms with Gasteiger partial charge in [-0.1, -0.05) is 0 Å². The van der Waals surface area contributed by atoms with Crippen LogP contribution < -0.4 is 11.1 Å². The van der Waals surface area contributed by atoms with Crippen molar-refractivity contribution >= 4 is 29.0 Å². The van der Waals surface area contributed by atoms with Crippen LogP contribution in [0.3, 0.4) is 0 Å². The van der Waals surface area contributed by atoms with E-state index in [-0.39, 0.29) is 10.8 Å². The van der Waals surface area contributed by atoms with Crippen LogP contribution in [-0.2, 0) is 0 Å². The minimum atomic E-state index is -1.13. The highest BCUT2D eigenvalue weighted by Crippen LogP contribution is 2.10. The SMILES string of the molecule is NC(=S)Nc1cccnc1C(=O)O. The van der Waals surface area contributed by atoms with Gasteiger partial charge in [-0.3, -0.25) is 0 Å².